The number of carbonyl (C=O) groups excluding carboxylic acids is 4. The van der Waals surface area contributed by atoms with Gasteiger partial charge in [-0.3, -0.25) is 19.9 Å². The van der Waals surface area contributed by atoms with Crippen molar-refractivity contribution in [3.8, 4) is 0 Å². The molecule has 0 aromatic carbocycles. The number of pyridine rings is 5. The van der Waals surface area contributed by atoms with E-state index >= 15 is 0 Å². The summed E-state index contributed by atoms with van der Waals surface area (Å²) in [6, 6.07) is 10.9. The Bertz CT molecular complexity index is 2550. The number of alkyl halides is 10. The summed E-state index contributed by atoms with van der Waals surface area (Å²) in [6.45, 7) is -5.11. The third-order valence-corrected chi connectivity index (χ3v) is 8.38. The largest absolute Gasteiger partial charge is 0.478 e. The van der Waals surface area contributed by atoms with E-state index in [9.17, 15) is 72.7 Å². The highest BCUT2D eigenvalue weighted by atomic mass is 79.9. The van der Waals surface area contributed by atoms with Crippen LogP contribution in [0, 0.1) is 0 Å². The van der Waals surface area contributed by atoms with Crippen LogP contribution in [0.15, 0.2) is 96.3 Å². The van der Waals surface area contributed by atoms with Crippen LogP contribution in [0.4, 0.5) is 43.9 Å². The fourth-order valence-electron chi connectivity index (χ4n) is 4.34. The second kappa shape index (κ2) is 28.1. The minimum absolute atomic E-state index is 0.0318. The summed E-state index contributed by atoms with van der Waals surface area (Å²) in [5.74, 6) is -21.4. The zero-order valence-corrected chi connectivity index (χ0v) is 38.2. The molecule has 29 heteroatoms. The number of halogens is 11. The van der Waals surface area contributed by atoms with E-state index in [1.165, 1.54) is 25.4 Å². The zero-order valence-electron chi connectivity index (χ0n) is 36.6. The average molecular weight is 1090 g/mol. The molecular weight excluding hydrogens is 1050 g/mol. The molecule has 0 saturated heterocycles. The lowest BCUT2D eigenvalue weighted by molar-refractivity contribution is -0.166. The smallest absolute Gasteiger partial charge is 0.384 e. The number of methoxy groups -OCH3 is 4. The molecule has 0 aliphatic heterocycles. The van der Waals surface area contributed by atoms with Gasteiger partial charge >= 0.3 is 59.5 Å². The molecule has 5 rings (SSSR count). The van der Waals surface area contributed by atoms with Gasteiger partial charge in [-0.1, -0.05) is 0 Å². The molecule has 5 heterocycles. The molecule has 0 spiro atoms. The van der Waals surface area contributed by atoms with Crippen molar-refractivity contribution in [1.29, 1.82) is 0 Å². The second-order valence-electron chi connectivity index (χ2n) is 12.8. The van der Waals surface area contributed by atoms with Gasteiger partial charge in [0.2, 0.25) is 0 Å². The lowest BCUT2D eigenvalue weighted by Crippen LogP contribution is -2.26. The molecule has 0 amide bonds. The topological polar surface area (TPSA) is 264 Å². The fourth-order valence-corrected chi connectivity index (χ4v) is 4.70. The third-order valence-electron chi connectivity index (χ3n) is 7.95. The molecule has 5 aromatic heterocycles. The van der Waals surface area contributed by atoms with E-state index in [-0.39, 0.29) is 28.2 Å². The molecule has 71 heavy (non-hydrogen) atoms. The number of carboxylic acids is 2. The SMILES string of the molecule is COC(=O)c1ccnc(Br)c1.COC(=O)c1ccnc(C(F)(F)C(=O)O)c1.COC(=O)c1ccnc(C(F)(F)CF)c1.COC(=O)c1ccnc(C(F)(F)CO)c1.O=C(O)c1ccnc(C(F)(F)CF)c1. The Morgan fingerprint density at radius 1 is 0.479 bits per heavy atom. The van der Waals surface area contributed by atoms with Gasteiger partial charge in [0.1, 0.15) is 34.0 Å². The Labute approximate surface area is 401 Å². The Kier molecular flexibility index (Phi) is 24.3. The molecule has 0 aliphatic rings. The molecule has 3 N–H and O–H groups in total. The number of aliphatic carboxylic acids is 1. The van der Waals surface area contributed by atoms with Crippen molar-refractivity contribution < 1.29 is 107 Å². The van der Waals surface area contributed by atoms with Gasteiger partial charge < -0.3 is 34.3 Å². The van der Waals surface area contributed by atoms with Crippen LogP contribution in [0.1, 0.15) is 74.6 Å². The maximum absolute atomic E-state index is 13.0. The van der Waals surface area contributed by atoms with Crippen LogP contribution in [0.25, 0.3) is 0 Å². The van der Waals surface area contributed by atoms with Gasteiger partial charge in [0.05, 0.1) is 56.3 Å². The Morgan fingerprint density at radius 2 is 0.761 bits per heavy atom. The number of aromatic carboxylic acids is 1. The molecule has 0 radical (unpaired) electrons. The first-order valence-corrected chi connectivity index (χ1v) is 19.4. The van der Waals surface area contributed by atoms with E-state index in [1.54, 1.807) is 12.1 Å². The molecular formula is C42H36BrF10N5O13. The normalized spacial score (nSPS) is 10.9. The molecule has 5 aromatic rings. The van der Waals surface area contributed by atoms with Crippen molar-refractivity contribution in [3.05, 3.63) is 147 Å². The number of hydrogen-bond donors (Lipinski definition) is 3. The van der Waals surface area contributed by atoms with Crippen LogP contribution < -0.4 is 0 Å². The molecule has 384 valence electrons. The summed E-state index contributed by atoms with van der Waals surface area (Å²) in [4.78, 5) is 81.6. The number of esters is 4. The number of aliphatic hydroxyl groups is 1. The van der Waals surface area contributed by atoms with Crippen molar-refractivity contribution in [2.45, 2.75) is 23.7 Å². The lowest BCUT2D eigenvalue weighted by atomic mass is 10.1. The first kappa shape index (κ1) is 61.3. The molecule has 0 unspecified atom stereocenters. The standard InChI is InChI=1S/C9H8F3NO2.C9H7F2NO4.C9H9F2NO3.C8H6F3NO2.C7H6BrNO2/c1-15-8(14)6-2-3-13-7(4-6)9(11,12)5-10;1-16-7(13)5-2-3-12-6(4-5)9(10,11)8(14)15;1-15-8(14)6-2-3-12-7(4-6)9(10,11)5-13;9-4-8(10,11)6-3-5(7(13)14)1-2-12-6;1-11-7(10)5-2-3-9-6(8)4-5/h2-4H,5H2,1H3;2-4H,1H3,(H,14,15);2-4,13H,5H2,1H3;1-3H,4H2,(H,13,14);2-4H,1H3. The first-order chi connectivity index (χ1) is 33.1. The first-order valence-electron chi connectivity index (χ1n) is 18.6. The van der Waals surface area contributed by atoms with Crippen LogP contribution in [-0.2, 0) is 47.4 Å². The molecule has 0 bridgehead atoms. The van der Waals surface area contributed by atoms with Crippen molar-refractivity contribution in [3.63, 3.8) is 0 Å². The highest BCUT2D eigenvalue weighted by molar-refractivity contribution is 9.10. The van der Waals surface area contributed by atoms with Crippen LogP contribution in [0.5, 0.6) is 0 Å². The molecule has 0 saturated carbocycles. The van der Waals surface area contributed by atoms with E-state index in [4.69, 9.17) is 15.3 Å². The van der Waals surface area contributed by atoms with Crippen molar-refractivity contribution in [2.24, 2.45) is 0 Å². The van der Waals surface area contributed by atoms with E-state index in [0.717, 1.165) is 70.4 Å². The number of aliphatic hydroxyl groups excluding tert-OH is 1. The number of aromatic nitrogens is 5. The predicted molar refractivity (Wildman–Crippen MR) is 223 cm³/mol. The Balaban J connectivity index is 0.000000446. The number of ether oxygens (including phenoxy) is 4. The van der Waals surface area contributed by atoms with E-state index < -0.39 is 96.3 Å². The second-order valence-corrected chi connectivity index (χ2v) is 13.6. The molecule has 0 atom stereocenters. The van der Waals surface area contributed by atoms with Gasteiger partial charge in [0, 0.05) is 31.0 Å². The highest BCUT2D eigenvalue weighted by Crippen LogP contribution is 2.29. The number of carboxylic acid groups (broad SMARTS) is 2. The monoisotopic (exact) mass is 1090 g/mol. The van der Waals surface area contributed by atoms with Gasteiger partial charge in [-0.05, 0) is 76.6 Å². The minimum Gasteiger partial charge on any atom is -0.478 e. The maximum Gasteiger partial charge on any atom is 0.384 e. The third kappa shape index (κ3) is 19.0. The highest BCUT2D eigenvalue weighted by Gasteiger charge is 2.43. The average Bonchev–Trinajstić information content (AvgIpc) is 3.38. The number of carbonyl (C=O) groups is 6. The van der Waals surface area contributed by atoms with E-state index in [1.807, 2.05) is 0 Å². The van der Waals surface area contributed by atoms with Gasteiger partial charge in [0.15, 0.2) is 13.3 Å². The summed E-state index contributed by atoms with van der Waals surface area (Å²) in [7, 11) is 4.69. The summed E-state index contributed by atoms with van der Waals surface area (Å²) < 4.78 is 145. The van der Waals surface area contributed by atoms with Gasteiger partial charge in [-0.25, -0.2) is 42.5 Å². The molecule has 0 aliphatic carbocycles. The maximum atomic E-state index is 13.0. The van der Waals surface area contributed by atoms with Crippen molar-refractivity contribution in [2.75, 3.05) is 48.4 Å². The predicted octanol–water partition coefficient (Wildman–Crippen LogP) is 7.40. The Hall–Kier alpha value is -7.69. The number of rotatable bonds is 13. The van der Waals surface area contributed by atoms with Crippen molar-refractivity contribution in [1.82, 2.24) is 24.9 Å². The van der Waals surface area contributed by atoms with Crippen LogP contribution in [0.3, 0.4) is 0 Å². The summed E-state index contributed by atoms with van der Waals surface area (Å²) >= 11 is 3.14. The summed E-state index contributed by atoms with van der Waals surface area (Å²) in [5, 5.41) is 25.2. The zero-order chi connectivity index (χ0) is 54.3. The minimum atomic E-state index is -4.13. The summed E-state index contributed by atoms with van der Waals surface area (Å²) in [6.07, 6.45) is 5.42. The van der Waals surface area contributed by atoms with Crippen LogP contribution >= 0.6 is 15.9 Å². The van der Waals surface area contributed by atoms with E-state index in [0.29, 0.717) is 22.3 Å². The fraction of sp³-hybridized carbons (Fsp3) is 0.262. The molecule has 0 fully saturated rings. The Morgan fingerprint density at radius 3 is 1.06 bits per heavy atom. The number of hydrogen-bond acceptors (Lipinski definition) is 16. The van der Waals surface area contributed by atoms with Crippen LogP contribution in [-0.4, -0.2) is 124 Å². The van der Waals surface area contributed by atoms with Crippen molar-refractivity contribution >= 4 is 51.7 Å². The van der Waals surface area contributed by atoms with Gasteiger partial charge in [0.25, 0.3) is 0 Å². The lowest BCUT2D eigenvalue weighted by Gasteiger charge is -2.12. The van der Waals surface area contributed by atoms with Gasteiger partial charge in [-0.15, -0.1) is 0 Å². The quantitative estimate of drug-likeness (QED) is 0.0449. The molecule has 18 nitrogen and oxygen atoms in total. The van der Waals surface area contributed by atoms with E-state index in [2.05, 4.69) is 59.8 Å². The van der Waals surface area contributed by atoms with Crippen LogP contribution in [0.2, 0.25) is 0 Å². The number of nitrogens with zero attached hydrogens (tertiary/aromatic N) is 5. The summed E-state index contributed by atoms with van der Waals surface area (Å²) in [5.41, 5.74) is -3.49. The van der Waals surface area contributed by atoms with Gasteiger partial charge in [-0.2, -0.15) is 35.1 Å².